The van der Waals surface area contributed by atoms with Crippen LogP contribution in [-0.2, 0) is 19.2 Å². The van der Waals surface area contributed by atoms with E-state index < -0.39 is 47.9 Å². The molecule has 0 aliphatic heterocycles. The molecule has 0 aliphatic rings. The summed E-state index contributed by atoms with van der Waals surface area (Å²) in [5, 5.41) is 16.7. The number of carboxylic acids is 1. The Hall–Kier alpha value is -1.46. The van der Waals surface area contributed by atoms with E-state index in [-0.39, 0.29) is 5.92 Å². The van der Waals surface area contributed by atoms with Gasteiger partial charge in [0.2, 0.25) is 17.7 Å². The van der Waals surface area contributed by atoms with Crippen LogP contribution in [0.25, 0.3) is 0 Å². The van der Waals surface area contributed by atoms with Crippen LogP contribution in [0, 0.1) is 5.92 Å². The van der Waals surface area contributed by atoms with Crippen molar-refractivity contribution in [1.29, 1.82) is 0 Å². The fraction of sp³-hybridized carbons (Fsp3) is 0.778. The Labute approximate surface area is 181 Å². The van der Waals surface area contributed by atoms with Crippen LogP contribution in [0.5, 0.6) is 0 Å². The average Bonchev–Trinajstić information content (AvgIpc) is 2.66. The van der Waals surface area contributed by atoms with Crippen LogP contribution in [0.2, 0.25) is 0 Å². The highest BCUT2D eigenvalue weighted by Crippen LogP contribution is 2.07. The molecule has 0 saturated heterocycles. The molecule has 4 unspecified atom stereocenters. The molecule has 3 amide bonds. The van der Waals surface area contributed by atoms with E-state index in [1.165, 1.54) is 18.7 Å². The fourth-order valence-corrected chi connectivity index (χ4v) is 3.27. The first-order valence-electron chi connectivity index (χ1n) is 9.42. The summed E-state index contributed by atoms with van der Waals surface area (Å²) < 4.78 is 0. The van der Waals surface area contributed by atoms with E-state index in [9.17, 15) is 19.2 Å². The van der Waals surface area contributed by atoms with Crippen LogP contribution in [0.1, 0.15) is 33.6 Å². The third kappa shape index (κ3) is 10.8. The maximum atomic E-state index is 12.8. The number of carbonyl (C=O) groups is 4. The molecular formula is C18H34N4O5S2. The largest absolute Gasteiger partial charge is 0.480 e. The average molecular weight is 451 g/mol. The second-order valence-electron chi connectivity index (χ2n) is 7.03. The molecule has 0 aromatic carbocycles. The predicted octanol–water partition coefficient (Wildman–Crippen LogP) is 0.0348. The molecule has 0 fully saturated rings. The lowest BCUT2D eigenvalue weighted by molar-refractivity contribution is -0.141. The highest BCUT2D eigenvalue weighted by Gasteiger charge is 2.30. The number of amides is 3. The van der Waals surface area contributed by atoms with Crippen molar-refractivity contribution in [3.63, 3.8) is 0 Å². The minimum Gasteiger partial charge on any atom is -0.480 e. The highest BCUT2D eigenvalue weighted by atomic mass is 32.2. The lowest BCUT2D eigenvalue weighted by Gasteiger charge is -2.26. The number of carboxylic acid groups (broad SMARTS) is 1. The highest BCUT2D eigenvalue weighted by molar-refractivity contribution is 7.98. The molecule has 0 bridgehead atoms. The summed E-state index contributed by atoms with van der Waals surface area (Å²) in [6.07, 6.45) is 4.60. The van der Waals surface area contributed by atoms with Crippen molar-refractivity contribution >= 4 is 47.2 Å². The van der Waals surface area contributed by atoms with Gasteiger partial charge in [0.25, 0.3) is 0 Å². The SMILES string of the molecule is CSCCC(N)C(=O)NC(C(=O)NC(CCSC)C(=O)NC(C)C(=O)O)C(C)C. The third-order valence-electron chi connectivity index (χ3n) is 4.19. The monoisotopic (exact) mass is 450 g/mol. The number of hydrogen-bond donors (Lipinski definition) is 5. The van der Waals surface area contributed by atoms with Crippen LogP contribution in [0.15, 0.2) is 0 Å². The zero-order valence-corrected chi connectivity index (χ0v) is 19.3. The van der Waals surface area contributed by atoms with Crippen molar-refractivity contribution in [1.82, 2.24) is 16.0 Å². The number of thioether (sulfide) groups is 2. The van der Waals surface area contributed by atoms with Gasteiger partial charge in [-0.3, -0.25) is 19.2 Å². The minimum absolute atomic E-state index is 0.228. The van der Waals surface area contributed by atoms with Gasteiger partial charge in [0.1, 0.15) is 18.1 Å². The molecule has 0 saturated carbocycles. The van der Waals surface area contributed by atoms with E-state index in [4.69, 9.17) is 10.8 Å². The molecule has 0 radical (unpaired) electrons. The molecule has 0 spiro atoms. The Balaban J connectivity index is 5.16. The normalized spacial score (nSPS) is 15.1. The third-order valence-corrected chi connectivity index (χ3v) is 5.48. The molecule has 0 rings (SSSR count). The summed E-state index contributed by atoms with van der Waals surface area (Å²) in [5.74, 6) is -1.57. The zero-order valence-electron chi connectivity index (χ0n) is 17.7. The number of nitrogens with two attached hydrogens (primary N) is 1. The molecular weight excluding hydrogens is 416 g/mol. The second-order valence-corrected chi connectivity index (χ2v) is 9.00. The first kappa shape index (κ1) is 27.5. The number of aliphatic carboxylic acids is 1. The van der Waals surface area contributed by atoms with Gasteiger partial charge in [-0.05, 0) is 49.7 Å². The van der Waals surface area contributed by atoms with Crippen LogP contribution in [-0.4, -0.2) is 77.0 Å². The quantitative estimate of drug-likeness (QED) is 0.249. The number of carbonyl (C=O) groups excluding carboxylic acids is 3. The molecule has 168 valence electrons. The molecule has 0 aliphatic carbocycles. The van der Waals surface area contributed by atoms with Gasteiger partial charge in [0, 0.05) is 0 Å². The Kier molecular flexibility index (Phi) is 13.8. The molecule has 4 atom stereocenters. The Morgan fingerprint density at radius 1 is 0.862 bits per heavy atom. The standard InChI is InChI=1S/C18H34N4O5S2/c1-10(2)14(22-15(23)12(19)6-8-28-4)17(25)21-13(7-9-29-5)16(24)20-11(3)18(26)27/h10-14H,6-9,19H2,1-5H3,(H,20,24)(H,21,25)(H,22,23)(H,26,27). The van der Waals surface area contributed by atoms with Crippen LogP contribution in [0.4, 0.5) is 0 Å². The molecule has 0 aromatic heterocycles. The Bertz CT molecular complexity index is 562. The number of nitrogens with one attached hydrogen (secondary N) is 3. The molecule has 6 N–H and O–H groups in total. The van der Waals surface area contributed by atoms with Crippen LogP contribution >= 0.6 is 23.5 Å². The molecule has 9 nitrogen and oxygen atoms in total. The Morgan fingerprint density at radius 2 is 1.41 bits per heavy atom. The first-order valence-corrected chi connectivity index (χ1v) is 12.2. The van der Waals surface area contributed by atoms with Crippen molar-refractivity contribution in [3.8, 4) is 0 Å². The number of rotatable bonds is 14. The smallest absolute Gasteiger partial charge is 0.325 e. The fourth-order valence-electron chi connectivity index (χ4n) is 2.31. The maximum Gasteiger partial charge on any atom is 0.325 e. The van der Waals surface area contributed by atoms with E-state index in [1.54, 1.807) is 25.6 Å². The van der Waals surface area contributed by atoms with E-state index in [1.807, 2.05) is 12.5 Å². The van der Waals surface area contributed by atoms with Crippen molar-refractivity contribution in [3.05, 3.63) is 0 Å². The van der Waals surface area contributed by atoms with Gasteiger partial charge in [-0.1, -0.05) is 13.8 Å². The van der Waals surface area contributed by atoms with Crippen molar-refractivity contribution in [2.24, 2.45) is 11.7 Å². The summed E-state index contributed by atoms with van der Waals surface area (Å²) in [7, 11) is 0. The topological polar surface area (TPSA) is 151 Å². The van der Waals surface area contributed by atoms with Crippen molar-refractivity contribution in [2.45, 2.75) is 57.8 Å². The van der Waals surface area contributed by atoms with Crippen molar-refractivity contribution < 1.29 is 24.3 Å². The van der Waals surface area contributed by atoms with Gasteiger partial charge < -0.3 is 26.8 Å². The van der Waals surface area contributed by atoms with Gasteiger partial charge in [0.15, 0.2) is 0 Å². The van der Waals surface area contributed by atoms with Crippen LogP contribution in [0.3, 0.4) is 0 Å². The van der Waals surface area contributed by atoms with Crippen molar-refractivity contribution in [2.75, 3.05) is 24.0 Å². The van der Waals surface area contributed by atoms with E-state index in [0.717, 1.165) is 5.75 Å². The van der Waals surface area contributed by atoms with Gasteiger partial charge in [-0.15, -0.1) is 0 Å². The summed E-state index contributed by atoms with van der Waals surface area (Å²) in [6, 6.07) is -3.56. The van der Waals surface area contributed by atoms with E-state index in [2.05, 4.69) is 16.0 Å². The predicted molar refractivity (Wildman–Crippen MR) is 118 cm³/mol. The second kappa shape index (κ2) is 14.5. The van der Waals surface area contributed by atoms with E-state index in [0.29, 0.717) is 18.6 Å². The van der Waals surface area contributed by atoms with Gasteiger partial charge in [-0.2, -0.15) is 23.5 Å². The lowest BCUT2D eigenvalue weighted by atomic mass is 10.0. The summed E-state index contributed by atoms with van der Waals surface area (Å²) in [5.41, 5.74) is 5.87. The summed E-state index contributed by atoms with van der Waals surface area (Å²) >= 11 is 3.08. The molecule has 0 heterocycles. The summed E-state index contributed by atoms with van der Waals surface area (Å²) in [6.45, 7) is 4.91. The van der Waals surface area contributed by atoms with E-state index >= 15 is 0 Å². The summed E-state index contributed by atoms with van der Waals surface area (Å²) in [4.78, 5) is 48.5. The maximum absolute atomic E-state index is 12.8. The first-order chi connectivity index (χ1) is 13.5. The lowest BCUT2D eigenvalue weighted by Crippen LogP contribution is -2.58. The van der Waals surface area contributed by atoms with Crippen LogP contribution < -0.4 is 21.7 Å². The van der Waals surface area contributed by atoms with Gasteiger partial charge in [-0.25, -0.2) is 0 Å². The molecule has 11 heteroatoms. The van der Waals surface area contributed by atoms with Gasteiger partial charge in [0.05, 0.1) is 6.04 Å². The Morgan fingerprint density at radius 3 is 1.90 bits per heavy atom. The number of hydrogen-bond acceptors (Lipinski definition) is 7. The zero-order chi connectivity index (χ0) is 22.6. The molecule has 0 aromatic rings. The molecule has 29 heavy (non-hydrogen) atoms. The minimum atomic E-state index is -1.17. The van der Waals surface area contributed by atoms with Gasteiger partial charge >= 0.3 is 5.97 Å².